The second-order valence-corrected chi connectivity index (χ2v) is 6.18. The predicted molar refractivity (Wildman–Crippen MR) is 93.8 cm³/mol. The normalized spacial score (nSPS) is 15.5. The number of hydrogen-bond acceptors (Lipinski definition) is 3. The van der Waals surface area contributed by atoms with Crippen LogP contribution >= 0.6 is 0 Å². The molecule has 3 rings (SSSR count). The van der Waals surface area contributed by atoms with E-state index in [0.29, 0.717) is 18.7 Å². The third kappa shape index (κ3) is 3.53. The van der Waals surface area contributed by atoms with Gasteiger partial charge in [-0.05, 0) is 45.0 Å². The van der Waals surface area contributed by atoms with Gasteiger partial charge >= 0.3 is 0 Å². The highest BCUT2D eigenvalue weighted by molar-refractivity contribution is 5.94. The van der Waals surface area contributed by atoms with Crippen molar-refractivity contribution in [1.82, 2.24) is 5.32 Å². The molecule has 0 aromatic heterocycles. The van der Waals surface area contributed by atoms with Crippen LogP contribution in [0.3, 0.4) is 0 Å². The lowest BCUT2D eigenvalue weighted by atomic mass is 10.1. The van der Waals surface area contributed by atoms with Gasteiger partial charge in [-0.25, -0.2) is 0 Å². The summed E-state index contributed by atoms with van der Waals surface area (Å²) in [6.45, 7) is 7.02. The molecule has 1 aliphatic heterocycles. The number of amides is 1. The molecular weight excluding hydrogens is 302 g/mol. The van der Waals surface area contributed by atoms with Gasteiger partial charge in [0.2, 0.25) is 0 Å². The van der Waals surface area contributed by atoms with Crippen LogP contribution in [0.1, 0.15) is 40.9 Å². The van der Waals surface area contributed by atoms with E-state index >= 15 is 0 Å². The minimum absolute atomic E-state index is 0.0905. The highest BCUT2D eigenvalue weighted by Crippen LogP contribution is 2.35. The van der Waals surface area contributed by atoms with Gasteiger partial charge in [0, 0.05) is 29.7 Å². The quantitative estimate of drug-likeness (QED) is 0.913. The van der Waals surface area contributed by atoms with Gasteiger partial charge in [0.05, 0.1) is 6.61 Å². The Kier molecular flexibility index (Phi) is 4.74. The second kappa shape index (κ2) is 6.95. The Balaban J connectivity index is 1.75. The van der Waals surface area contributed by atoms with Crippen LogP contribution in [-0.4, -0.2) is 18.6 Å². The molecule has 2 aromatic carbocycles. The zero-order valence-electron chi connectivity index (χ0n) is 14.4. The molecule has 24 heavy (non-hydrogen) atoms. The summed E-state index contributed by atoms with van der Waals surface area (Å²) in [5.41, 5.74) is 3.89. The first kappa shape index (κ1) is 16.4. The van der Waals surface area contributed by atoms with Crippen molar-refractivity contribution in [2.75, 3.05) is 6.61 Å². The number of aryl methyl sites for hydroxylation is 1. The molecule has 4 nitrogen and oxygen atoms in total. The number of hydrogen-bond donors (Lipinski definition) is 1. The van der Waals surface area contributed by atoms with Gasteiger partial charge in [-0.1, -0.05) is 17.7 Å². The molecule has 4 heteroatoms. The van der Waals surface area contributed by atoms with Crippen LogP contribution in [-0.2, 0) is 13.0 Å². The lowest BCUT2D eigenvalue weighted by Crippen LogP contribution is -2.23. The molecule has 1 N–H and O–H groups in total. The van der Waals surface area contributed by atoms with Crippen molar-refractivity contribution in [3.05, 3.63) is 58.7 Å². The summed E-state index contributed by atoms with van der Waals surface area (Å²) in [6, 6.07) is 11.6. The Labute approximate surface area is 142 Å². The second-order valence-electron chi connectivity index (χ2n) is 6.18. The van der Waals surface area contributed by atoms with Crippen LogP contribution in [0.5, 0.6) is 11.5 Å². The van der Waals surface area contributed by atoms with Crippen molar-refractivity contribution in [2.24, 2.45) is 0 Å². The van der Waals surface area contributed by atoms with Crippen LogP contribution in [0.4, 0.5) is 0 Å². The van der Waals surface area contributed by atoms with Crippen LogP contribution < -0.4 is 14.8 Å². The number of carbonyl (C=O) groups is 1. The molecule has 0 unspecified atom stereocenters. The lowest BCUT2D eigenvalue weighted by Gasteiger charge is -2.13. The zero-order chi connectivity index (χ0) is 17.1. The molecule has 0 radical (unpaired) electrons. The molecule has 1 heterocycles. The molecule has 0 spiro atoms. The Morgan fingerprint density at radius 1 is 1.29 bits per heavy atom. The first-order valence-corrected chi connectivity index (χ1v) is 8.37. The fraction of sp³-hybridized carbons (Fsp3) is 0.350. The van der Waals surface area contributed by atoms with Crippen LogP contribution in [0.15, 0.2) is 36.4 Å². The topological polar surface area (TPSA) is 47.6 Å². The number of nitrogens with one attached hydrogen (secondary N) is 1. The Morgan fingerprint density at radius 3 is 2.75 bits per heavy atom. The van der Waals surface area contributed by atoms with Gasteiger partial charge in [0.15, 0.2) is 0 Å². The maximum absolute atomic E-state index is 12.3. The van der Waals surface area contributed by atoms with E-state index in [4.69, 9.17) is 9.47 Å². The summed E-state index contributed by atoms with van der Waals surface area (Å²) < 4.78 is 11.6. The molecule has 0 fully saturated rings. The predicted octanol–water partition coefficient (Wildman–Crippen LogP) is 3.65. The third-order valence-electron chi connectivity index (χ3n) is 4.13. The van der Waals surface area contributed by atoms with E-state index in [9.17, 15) is 4.79 Å². The van der Waals surface area contributed by atoms with E-state index in [2.05, 4.69) is 12.2 Å². The van der Waals surface area contributed by atoms with Crippen molar-refractivity contribution in [3.8, 4) is 11.5 Å². The summed E-state index contributed by atoms with van der Waals surface area (Å²) in [7, 11) is 0. The highest BCUT2D eigenvalue weighted by atomic mass is 16.5. The third-order valence-corrected chi connectivity index (χ3v) is 4.13. The maximum Gasteiger partial charge on any atom is 0.251 e. The molecule has 1 atom stereocenters. The molecular formula is C20H23NO3. The van der Waals surface area contributed by atoms with E-state index in [-0.39, 0.29) is 12.0 Å². The van der Waals surface area contributed by atoms with E-state index in [1.54, 1.807) is 0 Å². The fourth-order valence-corrected chi connectivity index (χ4v) is 2.89. The Bertz CT molecular complexity index is 737. The summed E-state index contributed by atoms with van der Waals surface area (Å²) in [5.74, 6) is 1.62. The van der Waals surface area contributed by atoms with Gasteiger partial charge < -0.3 is 14.8 Å². The van der Waals surface area contributed by atoms with Crippen LogP contribution in [0.25, 0.3) is 0 Å². The first-order chi connectivity index (χ1) is 11.6. The SMILES string of the molecule is CCOc1cc2c(cc1CNC(=O)c1ccc(C)cc1)O[C@H](C)C2. The summed E-state index contributed by atoms with van der Waals surface area (Å²) in [5, 5.41) is 2.96. The van der Waals surface area contributed by atoms with Crippen LogP contribution in [0.2, 0.25) is 0 Å². The van der Waals surface area contributed by atoms with Gasteiger partial charge in [-0.15, -0.1) is 0 Å². The Hall–Kier alpha value is -2.49. The molecule has 0 saturated heterocycles. The number of rotatable bonds is 5. The lowest BCUT2D eigenvalue weighted by molar-refractivity contribution is 0.0950. The maximum atomic E-state index is 12.3. The van der Waals surface area contributed by atoms with Crippen molar-refractivity contribution in [1.29, 1.82) is 0 Å². The zero-order valence-corrected chi connectivity index (χ0v) is 14.4. The smallest absolute Gasteiger partial charge is 0.251 e. The highest BCUT2D eigenvalue weighted by Gasteiger charge is 2.22. The minimum Gasteiger partial charge on any atom is -0.494 e. The average molecular weight is 325 g/mol. The van der Waals surface area contributed by atoms with E-state index in [1.807, 2.05) is 50.2 Å². The number of fused-ring (bicyclic) bond motifs is 1. The molecule has 1 amide bonds. The number of ether oxygens (including phenoxy) is 2. The van der Waals surface area contributed by atoms with Crippen molar-refractivity contribution in [2.45, 2.75) is 39.8 Å². The van der Waals surface area contributed by atoms with Gasteiger partial charge in [0.25, 0.3) is 5.91 Å². The van der Waals surface area contributed by atoms with Crippen molar-refractivity contribution in [3.63, 3.8) is 0 Å². The molecule has 126 valence electrons. The number of carbonyl (C=O) groups excluding carboxylic acids is 1. The van der Waals surface area contributed by atoms with E-state index < -0.39 is 0 Å². The van der Waals surface area contributed by atoms with Crippen molar-refractivity contribution < 1.29 is 14.3 Å². The van der Waals surface area contributed by atoms with Gasteiger partial charge in [0.1, 0.15) is 17.6 Å². The number of benzene rings is 2. The average Bonchev–Trinajstić information content (AvgIpc) is 2.92. The standard InChI is InChI=1S/C20H23NO3/c1-4-23-18-10-16-9-14(3)24-19(16)11-17(18)12-21-20(22)15-7-5-13(2)6-8-15/h5-8,10-11,14H,4,9,12H2,1-3H3,(H,21,22)/t14-/m1/s1. The Morgan fingerprint density at radius 2 is 2.04 bits per heavy atom. The summed E-state index contributed by atoms with van der Waals surface area (Å²) in [4.78, 5) is 12.3. The first-order valence-electron chi connectivity index (χ1n) is 8.37. The largest absolute Gasteiger partial charge is 0.494 e. The van der Waals surface area contributed by atoms with E-state index in [0.717, 1.165) is 29.0 Å². The molecule has 1 aliphatic rings. The molecule has 0 saturated carbocycles. The van der Waals surface area contributed by atoms with E-state index in [1.165, 1.54) is 5.56 Å². The monoisotopic (exact) mass is 325 g/mol. The van der Waals surface area contributed by atoms with Crippen molar-refractivity contribution >= 4 is 5.91 Å². The molecule has 0 aliphatic carbocycles. The van der Waals surface area contributed by atoms with Gasteiger partial charge in [-0.2, -0.15) is 0 Å². The molecule has 2 aromatic rings. The van der Waals surface area contributed by atoms with Crippen LogP contribution in [0, 0.1) is 6.92 Å². The minimum atomic E-state index is -0.0905. The summed E-state index contributed by atoms with van der Waals surface area (Å²) in [6.07, 6.45) is 1.08. The fourth-order valence-electron chi connectivity index (χ4n) is 2.89. The summed E-state index contributed by atoms with van der Waals surface area (Å²) >= 11 is 0. The van der Waals surface area contributed by atoms with Gasteiger partial charge in [-0.3, -0.25) is 4.79 Å². The molecule has 0 bridgehead atoms.